The number of piperazine rings is 1. The Morgan fingerprint density at radius 3 is 2.38 bits per heavy atom. The molecule has 1 atom stereocenters. The van der Waals surface area contributed by atoms with Crippen molar-refractivity contribution in [3.05, 3.63) is 48.4 Å². The van der Waals surface area contributed by atoms with Crippen molar-refractivity contribution in [3.8, 4) is 0 Å². The van der Waals surface area contributed by atoms with Gasteiger partial charge in [0, 0.05) is 45.0 Å². The lowest BCUT2D eigenvalue weighted by Gasteiger charge is -2.37. The van der Waals surface area contributed by atoms with Crippen LogP contribution in [0.3, 0.4) is 0 Å². The number of benzene rings is 1. The summed E-state index contributed by atoms with van der Waals surface area (Å²) in [5.74, 6) is 0.355. The number of anilines is 3. The first-order chi connectivity index (χ1) is 15.5. The van der Waals surface area contributed by atoms with Crippen LogP contribution >= 0.6 is 0 Å². The van der Waals surface area contributed by atoms with Crippen molar-refractivity contribution in [1.29, 1.82) is 0 Å². The topological polar surface area (TPSA) is 80.8 Å². The number of amides is 3. The Morgan fingerprint density at radius 2 is 1.72 bits per heavy atom. The Labute approximate surface area is 187 Å². The van der Waals surface area contributed by atoms with Crippen LogP contribution in [0.4, 0.5) is 26.4 Å². The summed E-state index contributed by atoms with van der Waals surface area (Å²) >= 11 is 0. The molecule has 3 amide bonds. The predicted molar refractivity (Wildman–Crippen MR) is 122 cm³/mol. The van der Waals surface area contributed by atoms with Gasteiger partial charge in [0.15, 0.2) is 0 Å². The number of nitrogens with one attached hydrogen (secondary N) is 2. The van der Waals surface area contributed by atoms with Crippen molar-refractivity contribution in [1.82, 2.24) is 14.8 Å². The lowest BCUT2D eigenvalue weighted by atomic mass is 10.2. The number of halogens is 1. The highest BCUT2D eigenvalue weighted by molar-refractivity contribution is 5.94. The van der Waals surface area contributed by atoms with E-state index in [0.29, 0.717) is 37.6 Å². The average molecular weight is 441 g/mol. The molecule has 9 heteroatoms. The van der Waals surface area contributed by atoms with Crippen LogP contribution in [-0.4, -0.2) is 72.0 Å². The summed E-state index contributed by atoms with van der Waals surface area (Å²) in [5, 5.41) is 5.65. The second-order valence-electron chi connectivity index (χ2n) is 8.23. The minimum atomic E-state index is -0.393. The number of pyridine rings is 1. The maximum Gasteiger partial charge on any atom is 0.321 e. The van der Waals surface area contributed by atoms with Crippen molar-refractivity contribution in [2.75, 3.05) is 54.8 Å². The molecule has 2 aliphatic rings. The summed E-state index contributed by atoms with van der Waals surface area (Å²) in [6, 6.07) is 9.11. The summed E-state index contributed by atoms with van der Waals surface area (Å²) in [7, 11) is 0. The highest BCUT2D eigenvalue weighted by atomic mass is 19.1. The Hall–Kier alpha value is -3.20. The lowest BCUT2D eigenvalue weighted by molar-refractivity contribution is -0.121. The van der Waals surface area contributed by atoms with Crippen molar-refractivity contribution in [2.24, 2.45) is 0 Å². The Balaban J connectivity index is 1.24. The fraction of sp³-hybridized carbons (Fsp3) is 0.435. The van der Waals surface area contributed by atoms with Crippen LogP contribution in [-0.2, 0) is 4.79 Å². The molecule has 0 unspecified atom stereocenters. The second kappa shape index (κ2) is 9.95. The molecular formula is C23H29FN6O2. The zero-order valence-corrected chi connectivity index (χ0v) is 18.3. The molecule has 0 bridgehead atoms. The number of rotatable bonds is 5. The lowest BCUT2D eigenvalue weighted by Crippen LogP contribution is -2.54. The molecule has 2 N–H and O–H groups in total. The maximum atomic E-state index is 13.3. The Bertz CT molecular complexity index is 940. The fourth-order valence-electron chi connectivity index (χ4n) is 4.09. The summed E-state index contributed by atoms with van der Waals surface area (Å²) in [6.45, 7) is 6.07. The van der Waals surface area contributed by atoms with Gasteiger partial charge in [-0.1, -0.05) is 6.07 Å². The third-order valence-corrected chi connectivity index (χ3v) is 6.05. The van der Waals surface area contributed by atoms with Gasteiger partial charge in [0.1, 0.15) is 11.6 Å². The zero-order valence-electron chi connectivity index (χ0n) is 18.3. The number of nitrogens with zero attached hydrogens (tertiary/aromatic N) is 4. The van der Waals surface area contributed by atoms with Crippen LogP contribution in [0, 0.1) is 5.82 Å². The number of hydrogen-bond acceptors (Lipinski definition) is 5. The molecule has 2 fully saturated rings. The molecule has 2 aromatic rings. The number of carbonyl (C=O) groups is 2. The Morgan fingerprint density at radius 1 is 0.969 bits per heavy atom. The number of urea groups is 1. The predicted octanol–water partition coefficient (Wildman–Crippen LogP) is 3.00. The van der Waals surface area contributed by atoms with Gasteiger partial charge < -0.3 is 20.4 Å². The molecule has 0 saturated carbocycles. The van der Waals surface area contributed by atoms with Gasteiger partial charge in [0.05, 0.1) is 17.9 Å². The van der Waals surface area contributed by atoms with Crippen LogP contribution < -0.4 is 15.5 Å². The van der Waals surface area contributed by atoms with Crippen molar-refractivity contribution < 1.29 is 14.0 Å². The minimum Gasteiger partial charge on any atom is -0.357 e. The molecule has 1 aromatic carbocycles. The van der Waals surface area contributed by atoms with Crippen molar-refractivity contribution in [3.63, 3.8) is 0 Å². The molecule has 2 aliphatic heterocycles. The highest BCUT2D eigenvalue weighted by Gasteiger charge is 2.27. The van der Waals surface area contributed by atoms with E-state index in [4.69, 9.17) is 0 Å². The summed E-state index contributed by atoms with van der Waals surface area (Å²) in [5.41, 5.74) is 1.10. The van der Waals surface area contributed by atoms with Gasteiger partial charge in [-0.05, 0) is 50.1 Å². The molecule has 8 nitrogen and oxygen atoms in total. The van der Waals surface area contributed by atoms with E-state index in [-0.39, 0.29) is 18.0 Å². The molecule has 1 aromatic heterocycles. The average Bonchev–Trinajstić information content (AvgIpc) is 3.34. The fourth-order valence-corrected chi connectivity index (χ4v) is 4.09. The van der Waals surface area contributed by atoms with Crippen molar-refractivity contribution in [2.45, 2.75) is 25.8 Å². The maximum absolute atomic E-state index is 13.3. The SMILES string of the molecule is C[C@@H](C(=O)Nc1cccc(F)c1)N1CCN(C(=O)Nc2ccc(N3CCCC3)nc2)CC1. The second-order valence-corrected chi connectivity index (χ2v) is 8.23. The van der Waals surface area contributed by atoms with Crippen LogP contribution in [0.1, 0.15) is 19.8 Å². The van der Waals surface area contributed by atoms with Gasteiger partial charge in [-0.2, -0.15) is 0 Å². The normalized spacial score (nSPS) is 17.8. The third kappa shape index (κ3) is 5.34. The highest BCUT2D eigenvalue weighted by Crippen LogP contribution is 2.19. The van der Waals surface area contributed by atoms with E-state index in [2.05, 4.69) is 20.5 Å². The van der Waals surface area contributed by atoms with Gasteiger partial charge in [-0.15, -0.1) is 0 Å². The number of hydrogen-bond donors (Lipinski definition) is 2. The molecule has 4 rings (SSSR count). The molecular weight excluding hydrogens is 411 g/mol. The third-order valence-electron chi connectivity index (χ3n) is 6.05. The van der Waals surface area contributed by atoms with Crippen LogP contribution in [0.25, 0.3) is 0 Å². The summed E-state index contributed by atoms with van der Waals surface area (Å²) < 4.78 is 13.3. The van der Waals surface area contributed by atoms with Gasteiger partial charge in [-0.25, -0.2) is 14.2 Å². The monoisotopic (exact) mass is 440 g/mol. The first-order valence-electron chi connectivity index (χ1n) is 11.1. The standard InChI is InChI=1S/C23H29FN6O2/c1-17(22(31)26-19-6-4-5-18(24)15-19)28-11-13-30(14-12-28)23(32)27-20-7-8-21(25-16-20)29-9-2-3-10-29/h4-8,15-17H,2-3,9-14H2,1H3,(H,26,31)(H,27,32)/t17-/m0/s1. The first kappa shape index (κ1) is 22.0. The van der Waals surface area contributed by atoms with Gasteiger partial charge in [-0.3, -0.25) is 9.69 Å². The van der Waals surface area contributed by atoms with E-state index in [0.717, 1.165) is 18.9 Å². The summed E-state index contributed by atoms with van der Waals surface area (Å²) in [4.78, 5) is 35.6. The molecule has 32 heavy (non-hydrogen) atoms. The van der Waals surface area contributed by atoms with E-state index in [1.165, 1.54) is 25.0 Å². The zero-order chi connectivity index (χ0) is 22.5. The van der Waals surface area contributed by atoms with Crippen LogP contribution in [0.2, 0.25) is 0 Å². The Kier molecular flexibility index (Phi) is 6.84. The van der Waals surface area contributed by atoms with Crippen molar-refractivity contribution >= 4 is 29.1 Å². The van der Waals surface area contributed by atoms with Gasteiger partial charge in [0.2, 0.25) is 5.91 Å². The summed E-state index contributed by atoms with van der Waals surface area (Å²) in [6.07, 6.45) is 4.08. The van der Waals surface area contributed by atoms with E-state index >= 15 is 0 Å². The van der Waals surface area contributed by atoms with Crippen LogP contribution in [0.15, 0.2) is 42.6 Å². The molecule has 0 radical (unpaired) electrons. The first-order valence-corrected chi connectivity index (χ1v) is 11.1. The smallest absolute Gasteiger partial charge is 0.321 e. The molecule has 2 saturated heterocycles. The largest absolute Gasteiger partial charge is 0.357 e. The van der Waals surface area contributed by atoms with Gasteiger partial charge in [0.25, 0.3) is 0 Å². The van der Waals surface area contributed by atoms with Crippen LogP contribution in [0.5, 0.6) is 0 Å². The molecule has 0 aliphatic carbocycles. The van der Waals surface area contributed by atoms with E-state index in [1.807, 2.05) is 24.0 Å². The van der Waals surface area contributed by atoms with E-state index < -0.39 is 5.82 Å². The van der Waals surface area contributed by atoms with Gasteiger partial charge >= 0.3 is 6.03 Å². The minimum absolute atomic E-state index is 0.169. The molecule has 3 heterocycles. The van der Waals surface area contributed by atoms with E-state index in [9.17, 15) is 14.0 Å². The quantitative estimate of drug-likeness (QED) is 0.747. The van der Waals surface area contributed by atoms with E-state index in [1.54, 1.807) is 23.2 Å². The number of aromatic nitrogens is 1. The number of carbonyl (C=O) groups excluding carboxylic acids is 2. The molecule has 170 valence electrons. The molecule has 0 spiro atoms.